The molecule has 1 aromatic carbocycles. The van der Waals surface area contributed by atoms with Gasteiger partial charge in [-0.2, -0.15) is 5.26 Å². The van der Waals surface area contributed by atoms with E-state index in [1.165, 1.54) is 12.8 Å². The Bertz CT molecular complexity index is 391. The van der Waals surface area contributed by atoms with Gasteiger partial charge in [0.05, 0.1) is 11.3 Å². The SMILES string of the molecule is CN(c1cc(Cl)ccc1C#N)C1CC1. The Hall–Kier alpha value is -1.20. The van der Waals surface area contributed by atoms with Crippen molar-refractivity contribution in [1.82, 2.24) is 0 Å². The summed E-state index contributed by atoms with van der Waals surface area (Å²) in [7, 11) is 2.02. The van der Waals surface area contributed by atoms with E-state index in [0.717, 1.165) is 5.69 Å². The monoisotopic (exact) mass is 206 g/mol. The Morgan fingerprint density at radius 3 is 2.79 bits per heavy atom. The second-order valence-corrected chi connectivity index (χ2v) is 4.05. The Labute approximate surface area is 88.7 Å². The van der Waals surface area contributed by atoms with Crippen molar-refractivity contribution in [1.29, 1.82) is 5.26 Å². The molecule has 0 radical (unpaired) electrons. The molecule has 1 aromatic rings. The van der Waals surface area contributed by atoms with E-state index in [1.54, 1.807) is 12.1 Å². The number of hydrogen-bond donors (Lipinski definition) is 0. The molecule has 0 bridgehead atoms. The summed E-state index contributed by atoms with van der Waals surface area (Å²) in [4.78, 5) is 2.14. The van der Waals surface area contributed by atoms with Crippen LogP contribution in [-0.4, -0.2) is 13.1 Å². The third-order valence-electron chi connectivity index (χ3n) is 2.55. The zero-order valence-electron chi connectivity index (χ0n) is 8.00. The maximum absolute atomic E-state index is 8.94. The molecule has 0 aromatic heterocycles. The van der Waals surface area contributed by atoms with Crippen LogP contribution >= 0.6 is 11.6 Å². The Balaban J connectivity index is 2.38. The minimum absolute atomic E-state index is 0.598. The highest BCUT2D eigenvalue weighted by molar-refractivity contribution is 6.30. The molecule has 14 heavy (non-hydrogen) atoms. The predicted octanol–water partition coefficient (Wildman–Crippen LogP) is 2.81. The van der Waals surface area contributed by atoms with Gasteiger partial charge in [0.15, 0.2) is 0 Å². The van der Waals surface area contributed by atoms with Gasteiger partial charge in [-0.25, -0.2) is 0 Å². The molecule has 2 nitrogen and oxygen atoms in total. The van der Waals surface area contributed by atoms with Gasteiger partial charge in [0.1, 0.15) is 6.07 Å². The van der Waals surface area contributed by atoms with Gasteiger partial charge in [-0.3, -0.25) is 0 Å². The molecular formula is C11H11ClN2. The number of rotatable bonds is 2. The van der Waals surface area contributed by atoms with Crippen LogP contribution in [0.4, 0.5) is 5.69 Å². The van der Waals surface area contributed by atoms with Gasteiger partial charge in [0, 0.05) is 18.1 Å². The summed E-state index contributed by atoms with van der Waals surface area (Å²) in [5, 5.41) is 9.63. The Morgan fingerprint density at radius 2 is 2.21 bits per heavy atom. The molecule has 0 N–H and O–H groups in total. The second kappa shape index (κ2) is 3.51. The summed E-state index contributed by atoms with van der Waals surface area (Å²) in [6, 6.07) is 8.17. The topological polar surface area (TPSA) is 27.0 Å². The molecule has 0 saturated heterocycles. The molecule has 72 valence electrons. The molecule has 1 aliphatic carbocycles. The van der Waals surface area contributed by atoms with Crippen molar-refractivity contribution in [3.63, 3.8) is 0 Å². The van der Waals surface area contributed by atoms with Crippen LogP contribution in [0.2, 0.25) is 5.02 Å². The van der Waals surface area contributed by atoms with Gasteiger partial charge in [-0.1, -0.05) is 11.6 Å². The van der Waals surface area contributed by atoms with E-state index < -0.39 is 0 Å². The normalized spacial score (nSPS) is 14.9. The van der Waals surface area contributed by atoms with Crippen molar-refractivity contribution >= 4 is 17.3 Å². The fourth-order valence-electron chi connectivity index (χ4n) is 1.55. The van der Waals surface area contributed by atoms with Crippen molar-refractivity contribution in [3.05, 3.63) is 28.8 Å². The van der Waals surface area contributed by atoms with Crippen LogP contribution in [0.3, 0.4) is 0 Å². The van der Waals surface area contributed by atoms with E-state index in [1.807, 2.05) is 13.1 Å². The molecule has 0 amide bonds. The zero-order valence-corrected chi connectivity index (χ0v) is 8.75. The van der Waals surface area contributed by atoms with Crippen LogP contribution in [-0.2, 0) is 0 Å². The molecule has 0 atom stereocenters. The fourth-order valence-corrected chi connectivity index (χ4v) is 1.72. The quantitative estimate of drug-likeness (QED) is 0.744. The van der Waals surface area contributed by atoms with Gasteiger partial charge in [-0.15, -0.1) is 0 Å². The number of benzene rings is 1. The first-order chi connectivity index (χ1) is 6.72. The van der Waals surface area contributed by atoms with Gasteiger partial charge < -0.3 is 4.90 Å². The van der Waals surface area contributed by atoms with Crippen LogP contribution < -0.4 is 4.90 Å². The van der Waals surface area contributed by atoms with Crippen molar-refractivity contribution in [2.75, 3.05) is 11.9 Å². The molecule has 2 rings (SSSR count). The number of nitriles is 1. The molecule has 1 saturated carbocycles. The van der Waals surface area contributed by atoms with E-state index in [0.29, 0.717) is 16.6 Å². The highest BCUT2D eigenvalue weighted by atomic mass is 35.5. The van der Waals surface area contributed by atoms with E-state index in [-0.39, 0.29) is 0 Å². The maximum atomic E-state index is 8.94. The lowest BCUT2D eigenvalue weighted by atomic mass is 10.2. The first kappa shape index (κ1) is 9.36. The minimum atomic E-state index is 0.598. The summed E-state index contributed by atoms with van der Waals surface area (Å²) in [6.45, 7) is 0. The molecule has 0 heterocycles. The van der Waals surface area contributed by atoms with Gasteiger partial charge in [-0.05, 0) is 31.0 Å². The average molecular weight is 207 g/mol. The number of anilines is 1. The van der Waals surface area contributed by atoms with Crippen molar-refractivity contribution in [2.24, 2.45) is 0 Å². The first-order valence-corrected chi connectivity index (χ1v) is 5.02. The highest BCUT2D eigenvalue weighted by Gasteiger charge is 2.27. The van der Waals surface area contributed by atoms with Gasteiger partial charge >= 0.3 is 0 Å². The summed E-state index contributed by atoms with van der Waals surface area (Å²) in [6.07, 6.45) is 2.43. The average Bonchev–Trinajstić information content (AvgIpc) is 3.00. The largest absolute Gasteiger partial charge is 0.370 e. The summed E-state index contributed by atoms with van der Waals surface area (Å²) < 4.78 is 0. The predicted molar refractivity (Wildman–Crippen MR) is 57.6 cm³/mol. The first-order valence-electron chi connectivity index (χ1n) is 4.65. The van der Waals surface area contributed by atoms with Gasteiger partial charge in [0.25, 0.3) is 0 Å². The lowest BCUT2D eigenvalue weighted by Gasteiger charge is -2.19. The van der Waals surface area contributed by atoms with E-state index in [2.05, 4.69) is 11.0 Å². The van der Waals surface area contributed by atoms with Crippen molar-refractivity contribution in [2.45, 2.75) is 18.9 Å². The third kappa shape index (κ3) is 1.69. The molecule has 0 spiro atoms. The smallest absolute Gasteiger partial charge is 0.101 e. The molecule has 0 aliphatic heterocycles. The van der Waals surface area contributed by atoms with Crippen LogP contribution in [0.1, 0.15) is 18.4 Å². The van der Waals surface area contributed by atoms with E-state index in [9.17, 15) is 0 Å². The van der Waals surface area contributed by atoms with Gasteiger partial charge in [0.2, 0.25) is 0 Å². The minimum Gasteiger partial charge on any atom is -0.370 e. The molecule has 3 heteroatoms. The lowest BCUT2D eigenvalue weighted by molar-refractivity contribution is 0.915. The number of halogens is 1. The maximum Gasteiger partial charge on any atom is 0.101 e. The highest BCUT2D eigenvalue weighted by Crippen LogP contribution is 2.33. The Morgan fingerprint density at radius 1 is 1.50 bits per heavy atom. The summed E-state index contributed by atoms with van der Waals surface area (Å²) >= 11 is 5.91. The second-order valence-electron chi connectivity index (χ2n) is 3.62. The third-order valence-corrected chi connectivity index (χ3v) is 2.79. The molecule has 1 fully saturated rings. The van der Waals surface area contributed by atoms with Crippen LogP contribution in [0.15, 0.2) is 18.2 Å². The van der Waals surface area contributed by atoms with Crippen LogP contribution in [0.5, 0.6) is 0 Å². The van der Waals surface area contributed by atoms with E-state index >= 15 is 0 Å². The Kier molecular flexibility index (Phi) is 2.35. The summed E-state index contributed by atoms with van der Waals surface area (Å²) in [5.74, 6) is 0. The molecule has 0 unspecified atom stereocenters. The number of hydrogen-bond acceptors (Lipinski definition) is 2. The fraction of sp³-hybridized carbons (Fsp3) is 0.364. The summed E-state index contributed by atoms with van der Waals surface area (Å²) in [5.41, 5.74) is 1.64. The van der Waals surface area contributed by atoms with Crippen molar-refractivity contribution in [3.8, 4) is 6.07 Å². The molecular weight excluding hydrogens is 196 g/mol. The zero-order chi connectivity index (χ0) is 10.1. The van der Waals surface area contributed by atoms with Crippen molar-refractivity contribution < 1.29 is 0 Å². The molecule has 1 aliphatic rings. The number of nitrogens with zero attached hydrogens (tertiary/aromatic N) is 2. The standard InChI is InChI=1S/C11H11ClN2/c1-14(10-4-5-10)11-6-9(12)3-2-8(11)7-13/h2-3,6,10H,4-5H2,1H3. The van der Waals surface area contributed by atoms with E-state index in [4.69, 9.17) is 16.9 Å². The lowest BCUT2D eigenvalue weighted by Crippen LogP contribution is -2.20. The van der Waals surface area contributed by atoms with Crippen LogP contribution in [0, 0.1) is 11.3 Å². The van der Waals surface area contributed by atoms with Crippen LogP contribution in [0.25, 0.3) is 0 Å².